The van der Waals surface area contributed by atoms with Crippen LogP contribution >= 0.6 is 0 Å². The zero-order valence-corrected chi connectivity index (χ0v) is 6.97. The Kier molecular flexibility index (Phi) is 3.30. The average Bonchev–Trinajstić information content (AvgIpc) is 2.03. The number of methoxy groups -OCH3 is 1. The Labute approximate surface area is 67.3 Å². The molecule has 0 aromatic heterocycles. The van der Waals surface area contributed by atoms with Crippen LogP contribution in [0, 0.1) is 0 Å². The van der Waals surface area contributed by atoms with E-state index in [1.165, 1.54) is 13.5 Å². The molecule has 0 heterocycles. The number of hydrogen-bond donors (Lipinski definition) is 0. The molecule has 3 heteroatoms. The van der Waals surface area contributed by atoms with Crippen molar-refractivity contribution in [2.24, 2.45) is 0 Å². The molecular formula is C8H15O3. The molecule has 1 rings (SSSR count). The summed E-state index contributed by atoms with van der Waals surface area (Å²) in [6.07, 6.45) is 4.42. The summed E-state index contributed by atoms with van der Waals surface area (Å²) in [6.45, 7) is 0.128. The predicted octanol–water partition coefficient (Wildman–Crippen LogP) is 1.70. The molecule has 0 aliphatic heterocycles. The first-order valence-electron chi connectivity index (χ1n) is 4.10. The van der Waals surface area contributed by atoms with Crippen molar-refractivity contribution in [1.29, 1.82) is 0 Å². The van der Waals surface area contributed by atoms with Crippen molar-refractivity contribution < 1.29 is 14.6 Å². The van der Waals surface area contributed by atoms with E-state index >= 15 is 0 Å². The number of hydrogen-bond acceptors (Lipinski definition) is 2. The van der Waals surface area contributed by atoms with E-state index in [1.807, 2.05) is 0 Å². The van der Waals surface area contributed by atoms with Crippen LogP contribution in [0.3, 0.4) is 0 Å². The van der Waals surface area contributed by atoms with Crippen LogP contribution in [-0.2, 0) is 14.6 Å². The van der Waals surface area contributed by atoms with Gasteiger partial charge in [0.15, 0.2) is 0 Å². The first-order chi connectivity index (χ1) is 5.27. The highest BCUT2D eigenvalue weighted by atomic mass is 16.7. The fourth-order valence-corrected chi connectivity index (χ4v) is 1.40. The monoisotopic (exact) mass is 159 g/mol. The van der Waals surface area contributed by atoms with Gasteiger partial charge in [0.25, 0.3) is 0 Å². The molecule has 0 aromatic carbocycles. The molecule has 1 aliphatic carbocycles. The van der Waals surface area contributed by atoms with Crippen LogP contribution in [0.1, 0.15) is 32.1 Å². The molecule has 0 amide bonds. The van der Waals surface area contributed by atoms with E-state index in [4.69, 9.17) is 4.74 Å². The maximum atomic E-state index is 11.6. The van der Waals surface area contributed by atoms with E-state index in [1.54, 1.807) is 0 Å². The topological polar surface area (TPSA) is 38.4 Å². The molecule has 0 bridgehead atoms. The second kappa shape index (κ2) is 4.04. The summed E-state index contributed by atoms with van der Waals surface area (Å²) in [7, 11) is 1.53. The molecule has 0 unspecified atom stereocenters. The van der Waals surface area contributed by atoms with Crippen LogP contribution in [0.25, 0.3) is 0 Å². The van der Waals surface area contributed by atoms with Gasteiger partial charge in [-0.2, -0.15) is 5.11 Å². The molecule has 65 valence electrons. The van der Waals surface area contributed by atoms with Gasteiger partial charge in [-0.1, -0.05) is 6.42 Å². The first-order valence-corrected chi connectivity index (χ1v) is 4.10. The molecule has 11 heavy (non-hydrogen) atoms. The lowest BCUT2D eigenvalue weighted by molar-refractivity contribution is -0.285. The van der Waals surface area contributed by atoms with Gasteiger partial charge >= 0.3 is 0 Å². The van der Waals surface area contributed by atoms with E-state index < -0.39 is 5.79 Å². The summed E-state index contributed by atoms with van der Waals surface area (Å²) in [5.74, 6) is -1.14. The maximum Gasteiger partial charge on any atom is 0.204 e. The van der Waals surface area contributed by atoms with Crippen molar-refractivity contribution in [2.45, 2.75) is 37.9 Å². The highest BCUT2D eigenvalue weighted by Gasteiger charge is 2.31. The molecule has 1 saturated carbocycles. The summed E-state index contributed by atoms with van der Waals surface area (Å²) in [6, 6.07) is 0. The van der Waals surface area contributed by atoms with Gasteiger partial charge in [-0.25, -0.2) is 0 Å². The predicted molar refractivity (Wildman–Crippen MR) is 39.5 cm³/mol. The third-order valence-electron chi connectivity index (χ3n) is 2.06. The quantitative estimate of drug-likeness (QED) is 0.588. The summed E-state index contributed by atoms with van der Waals surface area (Å²) >= 11 is 0. The Hall–Kier alpha value is -0.120. The lowest BCUT2D eigenvalue weighted by atomic mass is 9.94. The molecule has 0 atom stereocenters. The zero-order chi connectivity index (χ0) is 8.16. The van der Waals surface area contributed by atoms with E-state index in [9.17, 15) is 5.11 Å². The van der Waals surface area contributed by atoms with E-state index in [0.717, 1.165) is 12.8 Å². The normalized spacial score (nSPS) is 23.5. The molecule has 0 spiro atoms. The first kappa shape index (κ1) is 8.97. The number of rotatable bonds is 3. The minimum absolute atomic E-state index is 0.128. The smallest absolute Gasteiger partial charge is 0.204 e. The minimum atomic E-state index is -1.14. The highest BCUT2D eigenvalue weighted by molar-refractivity contribution is 4.71. The Bertz CT molecular complexity index is 108. The second-order valence-corrected chi connectivity index (χ2v) is 3.02. The van der Waals surface area contributed by atoms with Crippen LogP contribution in [0.5, 0.6) is 0 Å². The molecule has 0 N–H and O–H groups in total. The third kappa shape index (κ3) is 2.77. The SMILES string of the molecule is COCOC1([O])CCCCC1. The summed E-state index contributed by atoms with van der Waals surface area (Å²) in [4.78, 5) is 0. The van der Waals surface area contributed by atoms with Crippen LogP contribution in [0.15, 0.2) is 0 Å². The third-order valence-corrected chi connectivity index (χ3v) is 2.06. The van der Waals surface area contributed by atoms with Crippen LogP contribution in [-0.4, -0.2) is 19.7 Å². The van der Waals surface area contributed by atoms with Crippen LogP contribution in [0.4, 0.5) is 0 Å². The second-order valence-electron chi connectivity index (χ2n) is 3.02. The maximum absolute atomic E-state index is 11.6. The molecular weight excluding hydrogens is 144 g/mol. The highest BCUT2D eigenvalue weighted by Crippen LogP contribution is 2.29. The Morgan fingerprint density at radius 2 is 1.91 bits per heavy atom. The fraction of sp³-hybridized carbons (Fsp3) is 1.00. The van der Waals surface area contributed by atoms with Crippen molar-refractivity contribution >= 4 is 0 Å². The van der Waals surface area contributed by atoms with Gasteiger partial charge in [0, 0.05) is 20.0 Å². The minimum Gasteiger partial charge on any atom is -0.359 e. The van der Waals surface area contributed by atoms with Gasteiger partial charge in [0.2, 0.25) is 5.79 Å². The van der Waals surface area contributed by atoms with Crippen molar-refractivity contribution in [2.75, 3.05) is 13.9 Å². The largest absolute Gasteiger partial charge is 0.359 e. The van der Waals surface area contributed by atoms with Crippen molar-refractivity contribution in [1.82, 2.24) is 0 Å². The molecule has 3 nitrogen and oxygen atoms in total. The van der Waals surface area contributed by atoms with E-state index in [0.29, 0.717) is 12.8 Å². The Morgan fingerprint density at radius 3 is 2.45 bits per heavy atom. The van der Waals surface area contributed by atoms with E-state index in [2.05, 4.69) is 4.74 Å². The van der Waals surface area contributed by atoms with Gasteiger partial charge in [0.1, 0.15) is 6.79 Å². The summed E-state index contributed by atoms with van der Waals surface area (Å²) in [5, 5.41) is 11.6. The Morgan fingerprint density at radius 1 is 1.27 bits per heavy atom. The van der Waals surface area contributed by atoms with E-state index in [-0.39, 0.29) is 6.79 Å². The molecule has 1 fully saturated rings. The average molecular weight is 159 g/mol. The van der Waals surface area contributed by atoms with Gasteiger partial charge in [-0.3, -0.25) is 0 Å². The summed E-state index contributed by atoms with van der Waals surface area (Å²) in [5.41, 5.74) is 0. The van der Waals surface area contributed by atoms with Gasteiger partial charge in [-0.05, 0) is 12.8 Å². The molecule has 1 aliphatic rings. The lowest BCUT2D eigenvalue weighted by Crippen LogP contribution is -2.33. The van der Waals surface area contributed by atoms with Gasteiger partial charge in [0.05, 0.1) is 0 Å². The van der Waals surface area contributed by atoms with Crippen molar-refractivity contribution in [3.63, 3.8) is 0 Å². The molecule has 1 radical (unpaired) electrons. The fourth-order valence-electron chi connectivity index (χ4n) is 1.40. The number of ether oxygens (including phenoxy) is 2. The summed E-state index contributed by atoms with van der Waals surface area (Å²) < 4.78 is 9.73. The Balaban J connectivity index is 2.25. The van der Waals surface area contributed by atoms with Gasteiger partial charge in [-0.15, -0.1) is 0 Å². The standard InChI is InChI=1S/C8H15O3/c1-10-7-11-8(9)5-3-2-4-6-8/h2-7H2,1H3. The van der Waals surface area contributed by atoms with Gasteiger partial charge < -0.3 is 9.47 Å². The van der Waals surface area contributed by atoms with Crippen molar-refractivity contribution in [3.05, 3.63) is 0 Å². The molecule has 0 aromatic rings. The van der Waals surface area contributed by atoms with Crippen molar-refractivity contribution in [3.8, 4) is 0 Å². The lowest BCUT2D eigenvalue weighted by Gasteiger charge is -2.28. The van der Waals surface area contributed by atoms with Crippen LogP contribution < -0.4 is 0 Å². The zero-order valence-electron chi connectivity index (χ0n) is 6.97. The van der Waals surface area contributed by atoms with Crippen LogP contribution in [0.2, 0.25) is 0 Å². The molecule has 0 saturated heterocycles.